The molecule has 174 valence electrons. The molecule has 0 aromatic heterocycles. The van der Waals surface area contributed by atoms with E-state index in [0.29, 0.717) is 18.5 Å². The van der Waals surface area contributed by atoms with Gasteiger partial charge in [-0.25, -0.2) is 4.31 Å². The summed E-state index contributed by atoms with van der Waals surface area (Å²) in [7, 11) is -7.12. The van der Waals surface area contributed by atoms with Crippen molar-refractivity contribution in [2.24, 2.45) is 0 Å². The summed E-state index contributed by atoms with van der Waals surface area (Å²) in [5, 5.41) is 3.10. The Balaban J connectivity index is 1.83. The van der Waals surface area contributed by atoms with Crippen molar-refractivity contribution in [1.29, 1.82) is 0 Å². The van der Waals surface area contributed by atoms with E-state index in [-0.39, 0.29) is 16.4 Å². The summed E-state index contributed by atoms with van der Waals surface area (Å²) in [6.45, 7) is 5.62. The number of hydrogen-bond donors (Lipinski definition) is 3. The maximum atomic E-state index is 13.2. The van der Waals surface area contributed by atoms with Crippen molar-refractivity contribution in [3.63, 3.8) is 0 Å². The molecule has 1 aliphatic rings. The zero-order chi connectivity index (χ0) is 23.7. The lowest BCUT2D eigenvalue weighted by Crippen LogP contribution is -2.45. The van der Waals surface area contributed by atoms with Gasteiger partial charge in [-0.3, -0.25) is 13.9 Å². The van der Waals surface area contributed by atoms with Gasteiger partial charge in [-0.15, -0.1) is 0 Å². The minimum atomic E-state index is -3.59. The molecule has 0 atom stereocenters. The third kappa shape index (κ3) is 5.26. The first kappa shape index (κ1) is 24.1. The number of benzene rings is 2. The predicted molar refractivity (Wildman–Crippen MR) is 126 cm³/mol. The Labute approximate surface area is 190 Å². The standard InChI is InChI=1S/C22H28N2O6S2/c1-22(2,3)24-21(25)19(20(32(24,28)29)17-8-6-5-7-9-17)23-15-14-16-10-12-18(13-11-16)30-31(4,26)27/h5-13,23,28-29H,14-15H2,1-4H3. The number of nitrogens with one attached hydrogen (secondary N) is 1. The fourth-order valence-corrected chi connectivity index (χ4v) is 6.11. The Hall–Kier alpha value is -2.53. The molecule has 0 aliphatic carbocycles. The Bertz CT molecular complexity index is 1120. The second-order valence-corrected chi connectivity index (χ2v) is 11.9. The minimum Gasteiger partial charge on any atom is -0.383 e. The molecule has 0 radical (unpaired) electrons. The van der Waals surface area contributed by atoms with Crippen LogP contribution in [0.15, 0.2) is 60.3 Å². The molecular formula is C22H28N2O6S2. The Morgan fingerprint density at radius 3 is 2.16 bits per heavy atom. The van der Waals surface area contributed by atoms with Crippen molar-refractivity contribution in [2.45, 2.75) is 32.7 Å². The molecule has 2 aromatic rings. The zero-order valence-electron chi connectivity index (χ0n) is 18.4. The van der Waals surface area contributed by atoms with Crippen molar-refractivity contribution in [3.8, 4) is 5.75 Å². The molecule has 3 N–H and O–H groups in total. The molecule has 1 aliphatic heterocycles. The fourth-order valence-electron chi connectivity index (χ4n) is 3.50. The van der Waals surface area contributed by atoms with Crippen molar-refractivity contribution < 1.29 is 26.5 Å². The molecule has 0 unspecified atom stereocenters. The van der Waals surface area contributed by atoms with Crippen molar-refractivity contribution >= 4 is 31.7 Å². The lowest BCUT2D eigenvalue weighted by atomic mass is 10.1. The first-order valence-electron chi connectivity index (χ1n) is 9.95. The van der Waals surface area contributed by atoms with Gasteiger partial charge in [0.15, 0.2) is 0 Å². The third-order valence-corrected chi connectivity index (χ3v) is 7.39. The second kappa shape index (κ2) is 8.78. The van der Waals surface area contributed by atoms with Crippen molar-refractivity contribution in [2.75, 3.05) is 12.8 Å². The van der Waals surface area contributed by atoms with Crippen LogP contribution in [-0.4, -0.2) is 46.1 Å². The predicted octanol–water partition coefficient (Wildman–Crippen LogP) is 3.83. The summed E-state index contributed by atoms with van der Waals surface area (Å²) < 4.78 is 50.5. The topological polar surface area (TPSA) is 116 Å². The zero-order valence-corrected chi connectivity index (χ0v) is 20.0. The van der Waals surface area contributed by atoms with E-state index in [1.54, 1.807) is 69.3 Å². The van der Waals surface area contributed by atoms with Gasteiger partial charge >= 0.3 is 10.1 Å². The first-order valence-corrected chi connectivity index (χ1v) is 13.3. The molecule has 1 amide bonds. The van der Waals surface area contributed by atoms with Gasteiger partial charge in [0.2, 0.25) is 0 Å². The van der Waals surface area contributed by atoms with Crippen LogP contribution in [0.1, 0.15) is 31.9 Å². The summed E-state index contributed by atoms with van der Waals surface area (Å²) in [6.07, 6.45) is 1.50. The van der Waals surface area contributed by atoms with Gasteiger partial charge in [0.1, 0.15) is 16.4 Å². The highest BCUT2D eigenvalue weighted by atomic mass is 32.3. The van der Waals surface area contributed by atoms with Crippen LogP contribution in [0, 0.1) is 0 Å². The smallest absolute Gasteiger partial charge is 0.306 e. The normalized spacial score (nSPS) is 17.4. The molecule has 2 aromatic carbocycles. The lowest BCUT2D eigenvalue weighted by molar-refractivity contribution is -0.125. The van der Waals surface area contributed by atoms with E-state index in [1.165, 1.54) is 0 Å². The third-order valence-electron chi connectivity index (χ3n) is 4.69. The second-order valence-electron chi connectivity index (χ2n) is 8.47. The fraction of sp³-hybridized carbons (Fsp3) is 0.318. The van der Waals surface area contributed by atoms with E-state index in [4.69, 9.17) is 4.18 Å². The van der Waals surface area contributed by atoms with Crippen LogP contribution in [-0.2, 0) is 21.3 Å². The summed E-state index contributed by atoms with van der Waals surface area (Å²) in [5.74, 6) is -0.243. The van der Waals surface area contributed by atoms with Crippen molar-refractivity contribution in [3.05, 3.63) is 71.4 Å². The largest absolute Gasteiger partial charge is 0.383 e. The van der Waals surface area contributed by atoms with E-state index in [1.807, 2.05) is 6.07 Å². The van der Waals surface area contributed by atoms with Gasteiger partial charge < -0.3 is 9.50 Å². The summed E-state index contributed by atoms with van der Waals surface area (Å²) in [6, 6.07) is 15.4. The highest BCUT2D eigenvalue weighted by Gasteiger charge is 2.49. The molecule has 0 saturated carbocycles. The number of carbonyl (C=O) groups excluding carboxylic acids is 1. The Morgan fingerprint density at radius 1 is 1.03 bits per heavy atom. The molecule has 32 heavy (non-hydrogen) atoms. The number of carbonyl (C=O) groups is 1. The molecule has 0 fully saturated rings. The highest BCUT2D eigenvalue weighted by Crippen LogP contribution is 2.63. The number of hydrogen-bond acceptors (Lipinski definition) is 7. The minimum absolute atomic E-state index is 0.170. The van der Waals surface area contributed by atoms with Crippen molar-refractivity contribution in [1.82, 2.24) is 9.62 Å². The summed E-state index contributed by atoms with van der Waals surface area (Å²) >= 11 is 0. The van der Waals surface area contributed by atoms with Gasteiger partial charge in [-0.1, -0.05) is 53.2 Å². The van der Waals surface area contributed by atoms with E-state index < -0.39 is 32.3 Å². The Morgan fingerprint density at radius 2 is 1.62 bits per heavy atom. The molecule has 3 rings (SSSR count). The molecule has 0 bridgehead atoms. The maximum Gasteiger partial charge on any atom is 0.306 e. The lowest BCUT2D eigenvalue weighted by Gasteiger charge is -2.45. The summed E-state index contributed by atoms with van der Waals surface area (Å²) in [5.41, 5.74) is 0.833. The van der Waals surface area contributed by atoms with Crippen LogP contribution in [0.5, 0.6) is 5.75 Å². The van der Waals surface area contributed by atoms with Crippen LogP contribution in [0.3, 0.4) is 0 Å². The van der Waals surface area contributed by atoms with E-state index in [2.05, 4.69) is 5.32 Å². The quantitative estimate of drug-likeness (QED) is 0.516. The first-order chi connectivity index (χ1) is 14.8. The maximum absolute atomic E-state index is 13.2. The van der Waals surface area contributed by atoms with Crippen LogP contribution in [0.4, 0.5) is 0 Å². The summed E-state index contributed by atoms with van der Waals surface area (Å²) in [4.78, 5) is 13.4. The van der Waals surface area contributed by atoms with Gasteiger partial charge in [0.25, 0.3) is 5.91 Å². The van der Waals surface area contributed by atoms with Gasteiger partial charge in [0.05, 0.1) is 11.8 Å². The van der Waals surface area contributed by atoms with Gasteiger partial charge in [-0.05, 0) is 44.9 Å². The molecule has 0 spiro atoms. The molecule has 1 heterocycles. The average molecular weight is 481 g/mol. The number of nitrogens with zero attached hydrogens (tertiary/aromatic N) is 1. The number of amides is 1. The molecule has 0 saturated heterocycles. The van der Waals surface area contributed by atoms with Gasteiger partial charge in [0, 0.05) is 12.1 Å². The van der Waals surface area contributed by atoms with E-state index in [0.717, 1.165) is 16.1 Å². The van der Waals surface area contributed by atoms with Crippen LogP contribution < -0.4 is 9.50 Å². The Kier molecular flexibility index (Phi) is 6.62. The van der Waals surface area contributed by atoms with Gasteiger partial charge in [-0.2, -0.15) is 8.42 Å². The molecular weight excluding hydrogens is 452 g/mol. The van der Waals surface area contributed by atoms with Crippen LogP contribution in [0.25, 0.3) is 4.91 Å². The SMILES string of the molecule is CC(C)(C)N1C(=O)C(NCCc2ccc(OS(C)(=O)=O)cc2)=C(c2ccccc2)S1(O)O. The van der Waals surface area contributed by atoms with E-state index >= 15 is 0 Å². The van der Waals surface area contributed by atoms with Crippen LogP contribution >= 0.6 is 10.8 Å². The van der Waals surface area contributed by atoms with E-state index in [9.17, 15) is 22.3 Å². The highest BCUT2D eigenvalue weighted by molar-refractivity contribution is 8.31. The molecule has 10 heteroatoms. The number of rotatable bonds is 7. The average Bonchev–Trinajstić information content (AvgIpc) is 2.87. The van der Waals surface area contributed by atoms with Crippen LogP contribution in [0.2, 0.25) is 0 Å². The monoisotopic (exact) mass is 480 g/mol. The molecule has 8 nitrogen and oxygen atoms in total.